The molecule has 0 spiro atoms. The van der Waals surface area contributed by atoms with Crippen LogP contribution in [0.25, 0.3) is 22.5 Å². The van der Waals surface area contributed by atoms with E-state index in [1.54, 1.807) is 26.0 Å². The van der Waals surface area contributed by atoms with Crippen molar-refractivity contribution in [1.82, 2.24) is 14.9 Å². The van der Waals surface area contributed by atoms with Crippen LogP contribution in [-0.2, 0) is 12.7 Å². The Bertz CT molecular complexity index is 1470. The number of hydrogen-bond donors (Lipinski definition) is 2. The van der Waals surface area contributed by atoms with E-state index in [0.717, 1.165) is 70.0 Å². The van der Waals surface area contributed by atoms with Gasteiger partial charge in [-0.3, -0.25) is 0 Å². The van der Waals surface area contributed by atoms with E-state index in [1.807, 2.05) is 48.5 Å². The highest BCUT2D eigenvalue weighted by molar-refractivity contribution is 7.99. The highest BCUT2D eigenvalue weighted by Gasteiger charge is 2.30. The van der Waals surface area contributed by atoms with Crippen LogP contribution in [0.4, 0.5) is 23.7 Å². The van der Waals surface area contributed by atoms with E-state index in [4.69, 9.17) is 14.5 Å². The largest absolute Gasteiger partial charge is 0.497 e. The molecule has 222 valence electrons. The number of nitrogens with one attached hydrogen (secondary N) is 2. The van der Waals surface area contributed by atoms with Gasteiger partial charge in [-0.2, -0.15) is 13.2 Å². The Morgan fingerprint density at radius 2 is 1.57 bits per heavy atom. The number of ether oxygens (including phenoxy) is 2. The van der Waals surface area contributed by atoms with Crippen molar-refractivity contribution in [3.63, 3.8) is 0 Å². The summed E-state index contributed by atoms with van der Waals surface area (Å²) in [5.74, 6) is 2.32. The first kappa shape index (κ1) is 30.8. The summed E-state index contributed by atoms with van der Waals surface area (Å²) in [6, 6.07) is 19.8. The van der Waals surface area contributed by atoms with Crippen LogP contribution in [0.5, 0.6) is 11.5 Å². The summed E-state index contributed by atoms with van der Waals surface area (Å²) in [6.45, 7) is 3.20. The number of aromatic nitrogens is 2. The molecule has 7 nitrogen and oxygen atoms in total. The molecule has 11 heteroatoms. The smallest absolute Gasteiger partial charge is 0.416 e. The van der Waals surface area contributed by atoms with E-state index in [1.165, 1.54) is 12.1 Å². The second-order valence-electron chi connectivity index (χ2n) is 9.31. The molecule has 42 heavy (non-hydrogen) atoms. The molecule has 0 unspecified atom stereocenters. The Morgan fingerprint density at radius 1 is 0.929 bits per heavy atom. The highest BCUT2D eigenvalue weighted by Crippen LogP contribution is 2.37. The number of carbonyl (C=O) groups excluding carboxylic acids is 1. The van der Waals surface area contributed by atoms with Gasteiger partial charge in [0.15, 0.2) is 5.16 Å². The molecule has 0 fully saturated rings. The Morgan fingerprint density at radius 3 is 2.17 bits per heavy atom. The summed E-state index contributed by atoms with van der Waals surface area (Å²) in [5.41, 5.74) is 3.17. The third-order valence-corrected chi connectivity index (χ3v) is 7.57. The number of imidazole rings is 1. The molecule has 0 radical (unpaired) electrons. The summed E-state index contributed by atoms with van der Waals surface area (Å²) >= 11 is 1.64. The minimum absolute atomic E-state index is 0.0876. The molecule has 0 aliphatic heterocycles. The lowest BCUT2D eigenvalue weighted by atomic mass is 10.0. The zero-order valence-corrected chi connectivity index (χ0v) is 24.4. The van der Waals surface area contributed by atoms with Crippen molar-refractivity contribution in [3.8, 4) is 34.0 Å². The van der Waals surface area contributed by atoms with Crippen molar-refractivity contribution in [2.24, 2.45) is 0 Å². The van der Waals surface area contributed by atoms with E-state index in [9.17, 15) is 18.0 Å². The summed E-state index contributed by atoms with van der Waals surface area (Å²) in [5, 5.41) is 6.05. The number of amides is 2. The van der Waals surface area contributed by atoms with Gasteiger partial charge in [0.05, 0.1) is 31.2 Å². The number of alkyl halides is 3. The van der Waals surface area contributed by atoms with Gasteiger partial charge < -0.3 is 24.7 Å². The van der Waals surface area contributed by atoms with Crippen LogP contribution in [-0.4, -0.2) is 42.1 Å². The Hall–Kier alpha value is -4.12. The lowest BCUT2D eigenvalue weighted by Gasteiger charge is -2.12. The van der Waals surface area contributed by atoms with E-state index < -0.39 is 17.8 Å². The molecular formula is C31H33F3N4O3S. The third-order valence-electron chi connectivity index (χ3n) is 6.51. The lowest BCUT2D eigenvalue weighted by molar-refractivity contribution is -0.137. The van der Waals surface area contributed by atoms with Gasteiger partial charge in [0, 0.05) is 35.7 Å². The second-order valence-corrected chi connectivity index (χ2v) is 10.4. The fourth-order valence-electron chi connectivity index (χ4n) is 4.37. The van der Waals surface area contributed by atoms with Gasteiger partial charge in [-0.25, -0.2) is 9.78 Å². The number of urea groups is 1. The fourth-order valence-corrected chi connectivity index (χ4v) is 5.43. The van der Waals surface area contributed by atoms with Gasteiger partial charge in [0.25, 0.3) is 0 Å². The molecule has 0 aliphatic carbocycles. The van der Waals surface area contributed by atoms with Gasteiger partial charge in [-0.1, -0.05) is 17.8 Å². The van der Waals surface area contributed by atoms with Crippen molar-refractivity contribution >= 4 is 23.5 Å². The van der Waals surface area contributed by atoms with E-state index in [0.29, 0.717) is 13.0 Å². The zero-order chi connectivity index (χ0) is 30.1. The number of benzene rings is 3. The summed E-state index contributed by atoms with van der Waals surface area (Å²) in [7, 11) is 3.28. The Labute approximate surface area is 247 Å². The zero-order valence-electron chi connectivity index (χ0n) is 23.6. The lowest BCUT2D eigenvalue weighted by Crippen LogP contribution is -2.29. The molecule has 0 saturated carbocycles. The maximum absolute atomic E-state index is 12.9. The molecular weight excluding hydrogens is 565 g/mol. The number of nitrogens with zero attached hydrogens (tertiary/aromatic N) is 2. The SMILES string of the molecule is CCn1c(SCCCCNC(=O)Nc2cccc(C(F)(F)F)c2)nc(-c2ccc(OC)cc2)c1-c1ccc(OC)cc1. The predicted octanol–water partition coefficient (Wildman–Crippen LogP) is 7.97. The first-order valence-corrected chi connectivity index (χ1v) is 14.5. The van der Waals surface area contributed by atoms with E-state index in [-0.39, 0.29) is 5.69 Å². The Balaban J connectivity index is 1.38. The van der Waals surface area contributed by atoms with Crippen LogP contribution in [0, 0.1) is 0 Å². The molecule has 3 aromatic carbocycles. The number of thioether (sulfide) groups is 1. The van der Waals surface area contributed by atoms with Crippen LogP contribution in [0.3, 0.4) is 0 Å². The minimum atomic E-state index is -4.47. The monoisotopic (exact) mass is 598 g/mol. The summed E-state index contributed by atoms with van der Waals surface area (Å²) in [6.07, 6.45) is -2.96. The first-order chi connectivity index (χ1) is 20.2. The number of anilines is 1. The van der Waals surface area contributed by atoms with Crippen LogP contribution >= 0.6 is 11.8 Å². The van der Waals surface area contributed by atoms with Crippen molar-refractivity contribution in [2.75, 3.05) is 31.8 Å². The van der Waals surface area contributed by atoms with Crippen LogP contribution in [0.2, 0.25) is 0 Å². The van der Waals surface area contributed by atoms with Gasteiger partial charge in [0.2, 0.25) is 0 Å². The van der Waals surface area contributed by atoms with Crippen molar-refractivity contribution in [2.45, 2.75) is 37.6 Å². The fraction of sp³-hybridized carbons (Fsp3) is 0.290. The molecule has 4 rings (SSSR count). The maximum atomic E-state index is 12.9. The molecule has 0 atom stereocenters. The topological polar surface area (TPSA) is 77.4 Å². The standard InChI is InChI=1S/C31H33F3N4O3S/c1-4-38-28(22-12-16-26(41-3)17-13-22)27(21-10-14-25(40-2)15-11-21)37-30(38)42-19-6-5-18-35-29(39)36-24-9-7-8-23(20-24)31(32,33)34/h7-17,20H,4-6,18-19H2,1-3H3,(H2,35,36,39). The molecule has 0 aliphatic rings. The minimum Gasteiger partial charge on any atom is -0.497 e. The number of carbonyl (C=O) groups is 1. The average molecular weight is 599 g/mol. The van der Waals surface area contributed by atoms with Crippen molar-refractivity contribution < 1.29 is 27.4 Å². The molecule has 1 heterocycles. The Kier molecular flexibility index (Phi) is 10.4. The van der Waals surface area contributed by atoms with E-state index >= 15 is 0 Å². The van der Waals surface area contributed by atoms with Crippen LogP contribution in [0.1, 0.15) is 25.3 Å². The van der Waals surface area contributed by atoms with Crippen molar-refractivity contribution in [1.29, 1.82) is 0 Å². The average Bonchev–Trinajstić information content (AvgIpc) is 3.37. The normalized spacial score (nSPS) is 11.3. The quantitative estimate of drug-likeness (QED) is 0.128. The molecule has 0 saturated heterocycles. The number of halogens is 3. The third kappa shape index (κ3) is 7.79. The van der Waals surface area contributed by atoms with Gasteiger partial charge in [0.1, 0.15) is 11.5 Å². The number of unbranched alkanes of at least 4 members (excludes halogenated alkanes) is 1. The first-order valence-electron chi connectivity index (χ1n) is 13.5. The van der Waals surface area contributed by atoms with Gasteiger partial charge in [-0.05, 0) is 86.5 Å². The van der Waals surface area contributed by atoms with Gasteiger partial charge in [-0.15, -0.1) is 0 Å². The molecule has 2 amide bonds. The molecule has 4 aromatic rings. The van der Waals surface area contributed by atoms with Crippen LogP contribution in [0.15, 0.2) is 78.0 Å². The highest BCUT2D eigenvalue weighted by atomic mass is 32.2. The van der Waals surface area contributed by atoms with Gasteiger partial charge >= 0.3 is 12.2 Å². The van der Waals surface area contributed by atoms with Crippen LogP contribution < -0.4 is 20.1 Å². The second kappa shape index (κ2) is 14.2. The number of hydrogen-bond acceptors (Lipinski definition) is 5. The molecule has 0 bridgehead atoms. The predicted molar refractivity (Wildman–Crippen MR) is 160 cm³/mol. The van der Waals surface area contributed by atoms with E-state index in [2.05, 4.69) is 22.1 Å². The molecule has 2 N–H and O–H groups in total. The van der Waals surface area contributed by atoms with Crippen molar-refractivity contribution in [3.05, 3.63) is 78.4 Å². The molecule has 1 aromatic heterocycles. The summed E-state index contributed by atoms with van der Waals surface area (Å²) < 4.78 is 51.6. The number of rotatable bonds is 12. The number of methoxy groups -OCH3 is 2. The summed E-state index contributed by atoms with van der Waals surface area (Å²) in [4.78, 5) is 17.2. The maximum Gasteiger partial charge on any atom is 0.416 e.